The van der Waals surface area contributed by atoms with Crippen LogP contribution in [0.5, 0.6) is 0 Å². The van der Waals surface area contributed by atoms with Crippen LogP contribution in [0.2, 0.25) is 0 Å². The van der Waals surface area contributed by atoms with E-state index in [4.69, 9.17) is 4.74 Å². The van der Waals surface area contributed by atoms with Gasteiger partial charge in [-0.05, 0) is 24.3 Å². The number of nitrogens with zero attached hydrogens (tertiary/aromatic N) is 1. The van der Waals surface area contributed by atoms with Crippen LogP contribution in [0.1, 0.15) is 10.4 Å². The van der Waals surface area contributed by atoms with Crippen LogP contribution < -0.4 is 10.6 Å². The number of esters is 1. The van der Waals surface area contributed by atoms with Crippen LogP contribution in [0.15, 0.2) is 54.6 Å². The van der Waals surface area contributed by atoms with Crippen molar-refractivity contribution in [3.8, 4) is 0 Å². The van der Waals surface area contributed by atoms with Crippen LogP contribution in [0, 0.1) is 0 Å². The molecule has 0 saturated carbocycles. The monoisotopic (exact) mass is 339 g/mol. The largest absolute Gasteiger partial charge is 0.452 e. The zero-order valence-electron chi connectivity index (χ0n) is 13.4. The fourth-order valence-corrected chi connectivity index (χ4v) is 2.44. The molecule has 128 valence electrons. The third-order valence-corrected chi connectivity index (χ3v) is 3.68. The molecule has 0 unspecified atom stereocenters. The van der Waals surface area contributed by atoms with E-state index >= 15 is 0 Å². The highest BCUT2D eigenvalue weighted by molar-refractivity contribution is 6.00. The Bertz CT molecular complexity index is 792. The highest BCUT2D eigenvalue weighted by Crippen LogP contribution is 2.21. The standard InChI is InChI=1S/C18H17N3O4/c22-16(21-11-10-19-18(21)24)12-25-17(23)14-8-4-5-9-15(14)20-13-6-2-1-3-7-13/h1-9,20H,10-12H2,(H,19,24). The average Bonchev–Trinajstić information content (AvgIpc) is 3.07. The number of ether oxygens (including phenoxy) is 1. The molecule has 1 fully saturated rings. The number of benzene rings is 2. The van der Waals surface area contributed by atoms with Gasteiger partial charge in [-0.3, -0.25) is 9.69 Å². The van der Waals surface area contributed by atoms with Gasteiger partial charge in [0.05, 0.1) is 11.3 Å². The summed E-state index contributed by atoms with van der Waals surface area (Å²) in [5, 5.41) is 5.66. The molecule has 0 bridgehead atoms. The first-order valence-electron chi connectivity index (χ1n) is 7.81. The minimum atomic E-state index is -0.632. The van der Waals surface area contributed by atoms with E-state index in [2.05, 4.69) is 10.6 Å². The number of rotatable bonds is 5. The summed E-state index contributed by atoms with van der Waals surface area (Å²) < 4.78 is 5.08. The van der Waals surface area contributed by atoms with Crippen molar-refractivity contribution >= 4 is 29.3 Å². The number of anilines is 2. The highest BCUT2D eigenvalue weighted by Gasteiger charge is 2.27. The number of hydrogen-bond donors (Lipinski definition) is 2. The maximum Gasteiger partial charge on any atom is 0.340 e. The molecule has 1 saturated heterocycles. The third kappa shape index (κ3) is 3.95. The second-order valence-corrected chi connectivity index (χ2v) is 5.39. The molecule has 0 atom stereocenters. The van der Waals surface area contributed by atoms with Gasteiger partial charge in [-0.25, -0.2) is 9.59 Å². The number of nitrogens with one attached hydrogen (secondary N) is 2. The molecule has 0 radical (unpaired) electrons. The minimum Gasteiger partial charge on any atom is -0.452 e. The summed E-state index contributed by atoms with van der Waals surface area (Å²) in [6.45, 7) is 0.204. The molecule has 1 aliphatic rings. The summed E-state index contributed by atoms with van der Waals surface area (Å²) in [5.74, 6) is -1.18. The van der Waals surface area contributed by atoms with Crippen molar-refractivity contribution in [3.63, 3.8) is 0 Å². The van der Waals surface area contributed by atoms with Crippen LogP contribution >= 0.6 is 0 Å². The van der Waals surface area contributed by atoms with E-state index in [0.29, 0.717) is 17.8 Å². The van der Waals surface area contributed by atoms with Crippen LogP contribution in [-0.4, -0.2) is 42.5 Å². The smallest absolute Gasteiger partial charge is 0.340 e. The van der Waals surface area contributed by atoms with Crippen molar-refractivity contribution in [1.29, 1.82) is 0 Å². The van der Waals surface area contributed by atoms with Crippen molar-refractivity contribution in [1.82, 2.24) is 10.2 Å². The van der Waals surface area contributed by atoms with E-state index in [1.165, 1.54) is 0 Å². The Hall–Kier alpha value is -3.35. The number of amides is 3. The Kier molecular flexibility index (Phi) is 4.94. The third-order valence-electron chi connectivity index (χ3n) is 3.68. The van der Waals surface area contributed by atoms with Crippen LogP contribution in [0.25, 0.3) is 0 Å². The van der Waals surface area contributed by atoms with Gasteiger partial charge in [-0.1, -0.05) is 30.3 Å². The first-order valence-corrected chi connectivity index (χ1v) is 7.81. The fourth-order valence-electron chi connectivity index (χ4n) is 2.44. The predicted octanol–water partition coefficient (Wildman–Crippen LogP) is 2.14. The summed E-state index contributed by atoms with van der Waals surface area (Å²) >= 11 is 0. The van der Waals surface area contributed by atoms with Crippen molar-refractivity contribution in [2.24, 2.45) is 0 Å². The molecule has 2 N–H and O–H groups in total. The molecule has 25 heavy (non-hydrogen) atoms. The zero-order valence-corrected chi connectivity index (χ0v) is 13.4. The fraction of sp³-hybridized carbons (Fsp3) is 0.167. The van der Waals surface area contributed by atoms with Gasteiger partial charge in [0, 0.05) is 18.8 Å². The number of para-hydroxylation sites is 2. The summed E-state index contributed by atoms with van der Waals surface area (Å²) in [4.78, 5) is 36.7. The zero-order chi connectivity index (χ0) is 17.6. The van der Waals surface area contributed by atoms with Gasteiger partial charge in [0.1, 0.15) is 0 Å². The predicted molar refractivity (Wildman–Crippen MR) is 91.6 cm³/mol. The number of urea groups is 1. The van der Waals surface area contributed by atoms with Crippen LogP contribution in [-0.2, 0) is 9.53 Å². The highest BCUT2D eigenvalue weighted by atomic mass is 16.5. The van der Waals surface area contributed by atoms with E-state index in [1.807, 2.05) is 30.3 Å². The summed E-state index contributed by atoms with van der Waals surface area (Å²) in [5.41, 5.74) is 1.71. The van der Waals surface area contributed by atoms with Crippen molar-refractivity contribution in [2.75, 3.05) is 25.0 Å². The van der Waals surface area contributed by atoms with Gasteiger partial charge in [-0.2, -0.15) is 0 Å². The normalized spacial score (nSPS) is 13.3. The Morgan fingerprint density at radius 1 is 1.08 bits per heavy atom. The quantitative estimate of drug-likeness (QED) is 0.815. The maximum atomic E-state index is 12.3. The molecule has 2 aromatic rings. The van der Waals surface area contributed by atoms with Gasteiger partial charge < -0.3 is 15.4 Å². The molecular formula is C18H17N3O4. The summed E-state index contributed by atoms with van der Waals surface area (Å²) in [7, 11) is 0. The molecular weight excluding hydrogens is 322 g/mol. The second kappa shape index (κ2) is 7.48. The first kappa shape index (κ1) is 16.5. The lowest BCUT2D eigenvalue weighted by Crippen LogP contribution is -2.37. The molecule has 3 amide bonds. The van der Waals surface area contributed by atoms with Crippen molar-refractivity contribution in [3.05, 3.63) is 60.2 Å². The molecule has 0 aromatic heterocycles. The summed E-state index contributed by atoms with van der Waals surface area (Å²) in [6, 6.07) is 15.8. The Morgan fingerprint density at radius 2 is 1.80 bits per heavy atom. The Morgan fingerprint density at radius 3 is 2.52 bits per heavy atom. The van der Waals surface area contributed by atoms with Crippen molar-refractivity contribution < 1.29 is 19.1 Å². The van der Waals surface area contributed by atoms with E-state index < -0.39 is 24.5 Å². The number of carbonyl (C=O) groups is 3. The molecule has 7 heteroatoms. The lowest BCUT2D eigenvalue weighted by atomic mass is 10.1. The number of hydrogen-bond acceptors (Lipinski definition) is 5. The van der Waals surface area contributed by atoms with Gasteiger partial charge in [0.15, 0.2) is 6.61 Å². The molecule has 1 aliphatic heterocycles. The van der Waals surface area contributed by atoms with Crippen LogP contribution in [0.4, 0.5) is 16.2 Å². The first-order chi connectivity index (χ1) is 12.1. The van der Waals surface area contributed by atoms with E-state index in [9.17, 15) is 14.4 Å². The number of imide groups is 1. The Labute approximate surface area is 144 Å². The molecule has 0 spiro atoms. The Balaban J connectivity index is 1.66. The second-order valence-electron chi connectivity index (χ2n) is 5.39. The topological polar surface area (TPSA) is 87.7 Å². The SMILES string of the molecule is O=C(OCC(=O)N1CCNC1=O)c1ccccc1Nc1ccccc1. The molecule has 1 heterocycles. The molecule has 3 rings (SSSR count). The van der Waals surface area contributed by atoms with Crippen molar-refractivity contribution in [2.45, 2.75) is 0 Å². The van der Waals surface area contributed by atoms with E-state index in [-0.39, 0.29) is 6.54 Å². The van der Waals surface area contributed by atoms with Gasteiger partial charge in [0.25, 0.3) is 5.91 Å². The minimum absolute atomic E-state index is 0.279. The van der Waals surface area contributed by atoms with E-state index in [0.717, 1.165) is 10.6 Å². The lowest BCUT2D eigenvalue weighted by molar-refractivity contribution is -0.130. The molecule has 7 nitrogen and oxygen atoms in total. The lowest BCUT2D eigenvalue weighted by Gasteiger charge is -2.14. The van der Waals surface area contributed by atoms with Gasteiger partial charge in [0.2, 0.25) is 0 Å². The van der Waals surface area contributed by atoms with Gasteiger partial charge in [-0.15, -0.1) is 0 Å². The summed E-state index contributed by atoms with van der Waals surface area (Å²) in [6.07, 6.45) is 0. The van der Waals surface area contributed by atoms with E-state index in [1.54, 1.807) is 24.3 Å². The molecule has 2 aromatic carbocycles. The average molecular weight is 339 g/mol. The number of carbonyl (C=O) groups excluding carboxylic acids is 3. The van der Waals surface area contributed by atoms with Gasteiger partial charge >= 0.3 is 12.0 Å². The molecule has 0 aliphatic carbocycles. The maximum absolute atomic E-state index is 12.3. The van der Waals surface area contributed by atoms with Crippen LogP contribution in [0.3, 0.4) is 0 Å².